The molecule has 0 saturated heterocycles. The van der Waals surface area contributed by atoms with Gasteiger partial charge in [0.1, 0.15) is 11.7 Å². The van der Waals surface area contributed by atoms with Crippen molar-refractivity contribution >= 4 is 37.4 Å². The summed E-state index contributed by atoms with van der Waals surface area (Å²) >= 11 is 0. The number of hydrogen-bond acceptors (Lipinski definition) is 9. The highest BCUT2D eigenvalue weighted by atomic mass is 32.2. The van der Waals surface area contributed by atoms with Gasteiger partial charge in [-0.1, -0.05) is 30.3 Å². The van der Waals surface area contributed by atoms with Gasteiger partial charge in [0, 0.05) is 44.9 Å². The van der Waals surface area contributed by atoms with Crippen molar-refractivity contribution in [3.8, 4) is 0 Å². The van der Waals surface area contributed by atoms with E-state index in [1.165, 1.54) is 18.2 Å². The highest BCUT2D eigenvalue weighted by molar-refractivity contribution is 7.92. The molecule has 1 aliphatic heterocycles. The van der Waals surface area contributed by atoms with Crippen LogP contribution in [-0.2, 0) is 35.7 Å². The summed E-state index contributed by atoms with van der Waals surface area (Å²) in [6, 6.07) is 13.4. The van der Waals surface area contributed by atoms with E-state index in [1.807, 2.05) is 24.3 Å². The summed E-state index contributed by atoms with van der Waals surface area (Å²) < 4.78 is 80.1. The maximum atomic E-state index is 12.5. The Hall–Kier alpha value is -3.50. The number of carboxylic acid groups (broad SMARTS) is 1. The standard InChI is InChI=1S/C23H30N4O5S2.C2HF3O2/c1-27(15-11-18-6-8-19(9-7-18)23-25-13-14-26-23)22(28)10-12-24-17-34(31,32)21-5-3-4-20(16-21)33(2,29)30;3-2(4,5)1(6)7/h3-9,16,24H,10-15,17H2,1-2H3,(H,25,26);(H,6,7). The van der Waals surface area contributed by atoms with Crippen LogP contribution in [0.2, 0.25) is 0 Å². The molecule has 3 N–H and O–H groups in total. The number of hydrogen-bond donors (Lipinski definition) is 3. The van der Waals surface area contributed by atoms with E-state index in [0.717, 1.165) is 42.4 Å². The van der Waals surface area contributed by atoms with Crippen LogP contribution in [0, 0.1) is 0 Å². The lowest BCUT2D eigenvalue weighted by atomic mass is 10.1. The molecule has 0 atom stereocenters. The molecule has 226 valence electrons. The predicted molar refractivity (Wildman–Crippen MR) is 145 cm³/mol. The molecular weight excluding hydrogens is 589 g/mol. The maximum Gasteiger partial charge on any atom is 0.490 e. The van der Waals surface area contributed by atoms with Crippen molar-refractivity contribution < 1.29 is 44.7 Å². The number of carbonyl (C=O) groups is 2. The first-order valence-corrected chi connectivity index (χ1v) is 15.7. The second kappa shape index (κ2) is 14.4. The number of halogens is 3. The summed E-state index contributed by atoms with van der Waals surface area (Å²) in [4.78, 5) is 27.2. The number of amides is 1. The van der Waals surface area contributed by atoms with E-state index in [2.05, 4.69) is 15.6 Å². The molecule has 0 aromatic heterocycles. The van der Waals surface area contributed by atoms with Crippen molar-refractivity contribution in [3.05, 3.63) is 59.7 Å². The average molecular weight is 621 g/mol. The number of aliphatic carboxylic acids is 1. The van der Waals surface area contributed by atoms with E-state index in [0.29, 0.717) is 13.0 Å². The fourth-order valence-electron chi connectivity index (χ4n) is 3.42. The van der Waals surface area contributed by atoms with Gasteiger partial charge in [0.05, 0.1) is 16.3 Å². The lowest BCUT2D eigenvalue weighted by molar-refractivity contribution is -0.192. The van der Waals surface area contributed by atoms with Crippen molar-refractivity contribution in [1.82, 2.24) is 15.5 Å². The molecule has 0 spiro atoms. The molecule has 41 heavy (non-hydrogen) atoms. The molecule has 16 heteroatoms. The van der Waals surface area contributed by atoms with E-state index in [9.17, 15) is 34.8 Å². The van der Waals surface area contributed by atoms with Crippen LogP contribution in [0.25, 0.3) is 0 Å². The van der Waals surface area contributed by atoms with Gasteiger partial charge < -0.3 is 20.6 Å². The topological polar surface area (TPSA) is 162 Å². The van der Waals surface area contributed by atoms with Crippen LogP contribution in [0.3, 0.4) is 0 Å². The number of carbonyl (C=O) groups excluding carboxylic acids is 1. The quantitative estimate of drug-likeness (QED) is 0.316. The maximum absolute atomic E-state index is 12.5. The number of likely N-dealkylation sites (N-methyl/N-ethyl adjacent to an activating group) is 1. The van der Waals surface area contributed by atoms with Crippen molar-refractivity contribution in [3.63, 3.8) is 0 Å². The SMILES string of the molecule is CN(CCc1ccc(C2=NCCN2)cc1)C(=O)CCNCS(=O)(=O)c1cccc(S(C)(=O)=O)c1.O=C(O)C(F)(F)F. The molecule has 0 bridgehead atoms. The Morgan fingerprint density at radius 3 is 2.22 bits per heavy atom. The number of alkyl halides is 3. The van der Waals surface area contributed by atoms with Gasteiger partial charge in [0.25, 0.3) is 0 Å². The summed E-state index contributed by atoms with van der Waals surface area (Å²) in [6.07, 6.45) is -3.20. The van der Waals surface area contributed by atoms with Gasteiger partial charge in [0.2, 0.25) is 5.91 Å². The minimum Gasteiger partial charge on any atom is -0.475 e. The van der Waals surface area contributed by atoms with E-state index in [4.69, 9.17) is 9.90 Å². The molecule has 0 fully saturated rings. The second-order valence-electron chi connectivity index (χ2n) is 8.98. The van der Waals surface area contributed by atoms with Gasteiger partial charge >= 0.3 is 12.1 Å². The third kappa shape index (κ3) is 11.1. The van der Waals surface area contributed by atoms with Crippen LogP contribution in [0.1, 0.15) is 17.5 Å². The minimum atomic E-state index is -5.08. The summed E-state index contributed by atoms with van der Waals surface area (Å²) in [5.41, 5.74) is 2.16. The Labute approximate surface area is 236 Å². The number of nitrogens with zero attached hydrogens (tertiary/aromatic N) is 2. The number of carboxylic acids is 1. The number of benzene rings is 2. The normalized spacial score (nSPS) is 13.4. The summed E-state index contributed by atoms with van der Waals surface area (Å²) in [7, 11) is -5.51. The lowest BCUT2D eigenvalue weighted by Gasteiger charge is -2.17. The molecule has 1 amide bonds. The Morgan fingerprint density at radius 1 is 1.07 bits per heavy atom. The predicted octanol–water partition coefficient (Wildman–Crippen LogP) is 1.49. The molecule has 2 aromatic carbocycles. The van der Waals surface area contributed by atoms with Crippen LogP contribution in [0.5, 0.6) is 0 Å². The van der Waals surface area contributed by atoms with Gasteiger partial charge in [-0.2, -0.15) is 13.2 Å². The van der Waals surface area contributed by atoms with Gasteiger partial charge in [-0.05, 0) is 30.2 Å². The van der Waals surface area contributed by atoms with Crippen LogP contribution < -0.4 is 10.6 Å². The van der Waals surface area contributed by atoms with E-state index < -0.39 is 31.8 Å². The summed E-state index contributed by atoms with van der Waals surface area (Å²) in [6.45, 7) is 2.40. The molecule has 1 aliphatic rings. The van der Waals surface area contributed by atoms with Crippen LogP contribution in [0.4, 0.5) is 13.2 Å². The lowest BCUT2D eigenvalue weighted by Crippen LogP contribution is -2.32. The van der Waals surface area contributed by atoms with Gasteiger partial charge in [0.15, 0.2) is 19.7 Å². The monoisotopic (exact) mass is 620 g/mol. The van der Waals surface area contributed by atoms with Crippen LogP contribution in [0.15, 0.2) is 63.3 Å². The van der Waals surface area contributed by atoms with Crippen molar-refractivity contribution in [1.29, 1.82) is 0 Å². The third-order valence-electron chi connectivity index (χ3n) is 5.71. The van der Waals surface area contributed by atoms with E-state index >= 15 is 0 Å². The fourth-order valence-corrected chi connectivity index (χ4v) is 5.33. The molecule has 1 heterocycles. The number of amidine groups is 1. The molecule has 2 aromatic rings. The number of aliphatic imine (C=N–C) groups is 1. The van der Waals surface area contributed by atoms with E-state index in [-0.39, 0.29) is 34.5 Å². The Bertz CT molecular complexity index is 1460. The second-order valence-corrected chi connectivity index (χ2v) is 13.0. The number of nitrogens with one attached hydrogen (secondary N) is 2. The Kier molecular flexibility index (Phi) is 11.8. The molecule has 0 saturated carbocycles. The molecule has 0 aliphatic carbocycles. The van der Waals surface area contributed by atoms with Gasteiger partial charge in [-0.3, -0.25) is 9.79 Å². The molecule has 11 nitrogen and oxygen atoms in total. The molecular formula is C25H31F3N4O7S2. The Morgan fingerprint density at radius 2 is 1.68 bits per heavy atom. The first kappa shape index (κ1) is 33.7. The molecule has 0 radical (unpaired) electrons. The van der Waals surface area contributed by atoms with Crippen molar-refractivity contribution in [2.24, 2.45) is 4.99 Å². The zero-order chi connectivity index (χ0) is 30.8. The van der Waals surface area contributed by atoms with Crippen LogP contribution >= 0.6 is 0 Å². The smallest absolute Gasteiger partial charge is 0.475 e. The van der Waals surface area contributed by atoms with E-state index in [1.54, 1.807) is 11.9 Å². The van der Waals surface area contributed by atoms with Gasteiger partial charge in [-0.15, -0.1) is 0 Å². The molecule has 3 rings (SSSR count). The van der Waals surface area contributed by atoms with Gasteiger partial charge in [-0.25, -0.2) is 21.6 Å². The molecule has 0 unspecified atom stereocenters. The first-order chi connectivity index (χ1) is 19.0. The third-order valence-corrected chi connectivity index (χ3v) is 8.37. The number of sulfone groups is 2. The number of rotatable bonds is 11. The Balaban J connectivity index is 0.000000745. The summed E-state index contributed by atoms with van der Waals surface area (Å²) in [5.74, 6) is -2.32. The van der Waals surface area contributed by atoms with Crippen molar-refractivity contribution in [2.75, 3.05) is 45.4 Å². The zero-order valence-electron chi connectivity index (χ0n) is 22.3. The fraction of sp³-hybridized carbons (Fsp3) is 0.400. The first-order valence-electron chi connectivity index (χ1n) is 12.2. The summed E-state index contributed by atoms with van der Waals surface area (Å²) in [5, 5.41) is 13.1. The van der Waals surface area contributed by atoms with Crippen molar-refractivity contribution in [2.45, 2.75) is 28.8 Å². The largest absolute Gasteiger partial charge is 0.490 e. The minimum absolute atomic E-state index is 0.0519. The highest BCUT2D eigenvalue weighted by Gasteiger charge is 2.38. The van der Waals surface area contributed by atoms with Crippen LogP contribution in [-0.4, -0.2) is 96.1 Å². The zero-order valence-corrected chi connectivity index (χ0v) is 23.9. The highest BCUT2D eigenvalue weighted by Crippen LogP contribution is 2.16. The average Bonchev–Trinajstić information content (AvgIpc) is 3.44.